The van der Waals surface area contributed by atoms with E-state index in [1.807, 2.05) is 0 Å². The number of rotatable bonds is 5. The van der Waals surface area contributed by atoms with E-state index in [2.05, 4.69) is 47.8 Å². The molecule has 4 rings (SSSR count). The number of halogens is 4. The fourth-order valence-corrected chi connectivity index (χ4v) is 5.78. The summed E-state index contributed by atoms with van der Waals surface area (Å²) in [6, 6.07) is 12.8. The highest BCUT2D eigenvalue weighted by atomic mass is 79.9. The molecule has 172 valence electrons. The number of carbonyl (C=O) groups is 4. The Morgan fingerprint density at radius 2 is 1.36 bits per heavy atom. The summed E-state index contributed by atoms with van der Waals surface area (Å²) in [6.07, 6.45) is 0.927. The SMILES string of the molecule is O=C(CN(C(=O)c1ccc(Cl)cc1)N1C(=O)[C@H]2C[C@H](Br)[C@@H](Br)C[C@H]2C1=O)c1ccc(Br)cc1. The normalized spacial score (nSPS) is 24.5. The summed E-state index contributed by atoms with van der Waals surface area (Å²) in [5, 5.41) is 2.30. The topological polar surface area (TPSA) is 74.8 Å². The molecule has 2 aromatic rings. The van der Waals surface area contributed by atoms with Crippen LogP contribution in [0.15, 0.2) is 53.0 Å². The van der Waals surface area contributed by atoms with Crippen molar-refractivity contribution in [3.05, 3.63) is 69.2 Å². The average molecular weight is 662 g/mol. The van der Waals surface area contributed by atoms with Crippen molar-refractivity contribution in [1.29, 1.82) is 0 Å². The van der Waals surface area contributed by atoms with Crippen LogP contribution in [0.3, 0.4) is 0 Å². The van der Waals surface area contributed by atoms with Gasteiger partial charge in [0, 0.05) is 30.3 Å². The molecule has 0 bridgehead atoms. The number of fused-ring (bicyclic) bond motifs is 1. The summed E-state index contributed by atoms with van der Waals surface area (Å²) in [7, 11) is 0. The molecule has 6 nitrogen and oxygen atoms in total. The van der Waals surface area contributed by atoms with Crippen molar-refractivity contribution in [1.82, 2.24) is 10.0 Å². The fraction of sp³-hybridized carbons (Fsp3) is 0.304. The summed E-state index contributed by atoms with van der Waals surface area (Å²) in [5.74, 6) is -3.02. The van der Waals surface area contributed by atoms with Gasteiger partial charge in [-0.25, -0.2) is 5.01 Å². The number of hydrogen-bond acceptors (Lipinski definition) is 4. The van der Waals surface area contributed by atoms with Gasteiger partial charge in [0.1, 0.15) is 6.54 Å². The Morgan fingerprint density at radius 1 is 0.879 bits per heavy atom. The lowest BCUT2D eigenvalue weighted by atomic mass is 9.81. The number of Topliss-reactive ketones (excluding diaryl/α,β-unsaturated/α-hetero) is 1. The van der Waals surface area contributed by atoms with Gasteiger partial charge in [0.25, 0.3) is 17.7 Å². The molecule has 0 N–H and O–H groups in total. The maximum absolute atomic E-state index is 13.4. The number of carbonyl (C=O) groups excluding carboxylic acids is 4. The highest BCUT2D eigenvalue weighted by Gasteiger charge is 2.54. The number of nitrogens with zero attached hydrogens (tertiary/aromatic N) is 2. The third-order valence-electron chi connectivity index (χ3n) is 5.91. The molecule has 10 heteroatoms. The van der Waals surface area contributed by atoms with Gasteiger partial charge in [-0.2, -0.15) is 5.01 Å². The van der Waals surface area contributed by atoms with Crippen LogP contribution in [-0.4, -0.2) is 49.7 Å². The van der Waals surface area contributed by atoms with Crippen LogP contribution in [0.1, 0.15) is 33.6 Å². The van der Waals surface area contributed by atoms with E-state index in [1.165, 1.54) is 12.1 Å². The first-order chi connectivity index (χ1) is 15.7. The molecule has 3 amide bonds. The molecule has 4 atom stereocenters. The van der Waals surface area contributed by atoms with E-state index in [0.29, 0.717) is 23.4 Å². The lowest BCUT2D eigenvalue weighted by Gasteiger charge is -2.30. The van der Waals surface area contributed by atoms with Crippen LogP contribution in [0.4, 0.5) is 0 Å². The molecule has 0 aromatic heterocycles. The second-order valence-corrected chi connectivity index (χ2v) is 11.7. The van der Waals surface area contributed by atoms with Crippen molar-refractivity contribution in [2.75, 3.05) is 6.54 Å². The Bertz CT molecular complexity index is 1080. The van der Waals surface area contributed by atoms with Crippen LogP contribution in [-0.2, 0) is 9.59 Å². The fourth-order valence-electron chi connectivity index (χ4n) is 4.15. The van der Waals surface area contributed by atoms with Gasteiger partial charge in [-0.1, -0.05) is 71.5 Å². The molecular weight excluding hydrogens is 643 g/mol. The van der Waals surface area contributed by atoms with E-state index in [4.69, 9.17) is 11.6 Å². The number of alkyl halides is 2. The van der Waals surface area contributed by atoms with Crippen LogP contribution >= 0.6 is 59.4 Å². The third-order valence-corrected chi connectivity index (χ3v) is 9.43. The largest absolute Gasteiger partial charge is 0.292 e. The minimum absolute atomic E-state index is 0.0280. The molecule has 1 aliphatic heterocycles. The molecule has 33 heavy (non-hydrogen) atoms. The maximum Gasteiger partial charge on any atom is 0.273 e. The molecule has 2 fully saturated rings. The number of imide groups is 1. The molecule has 0 unspecified atom stereocenters. The van der Waals surface area contributed by atoms with Gasteiger partial charge < -0.3 is 0 Å². The molecule has 0 spiro atoms. The highest BCUT2D eigenvalue weighted by Crippen LogP contribution is 2.43. The summed E-state index contributed by atoms with van der Waals surface area (Å²) >= 11 is 16.4. The Morgan fingerprint density at radius 3 is 1.88 bits per heavy atom. The molecule has 1 saturated carbocycles. The van der Waals surface area contributed by atoms with Crippen LogP contribution in [0, 0.1) is 11.8 Å². The number of hydrazine groups is 1. The van der Waals surface area contributed by atoms with E-state index in [-0.39, 0.29) is 15.2 Å². The van der Waals surface area contributed by atoms with E-state index >= 15 is 0 Å². The van der Waals surface area contributed by atoms with Gasteiger partial charge in [-0.15, -0.1) is 0 Å². The van der Waals surface area contributed by atoms with Crippen molar-refractivity contribution in [3.8, 4) is 0 Å². The summed E-state index contributed by atoms with van der Waals surface area (Å²) < 4.78 is 0.802. The molecule has 2 aromatic carbocycles. The van der Waals surface area contributed by atoms with Crippen LogP contribution in [0.5, 0.6) is 0 Å². The number of benzene rings is 2. The lowest BCUT2D eigenvalue weighted by molar-refractivity contribution is -0.154. The van der Waals surface area contributed by atoms with Gasteiger partial charge in [-0.05, 0) is 49.2 Å². The Labute approximate surface area is 221 Å². The van der Waals surface area contributed by atoms with E-state index in [1.54, 1.807) is 36.4 Å². The third kappa shape index (κ3) is 4.97. The summed E-state index contributed by atoms with van der Waals surface area (Å²) in [6.45, 7) is -0.449. The van der Waals surface area contributed by atoms with Crippen molar-refractivity contribution in [3.63, 3.8) is 0 Å². The number of ketones is 1. The zero-order valence-electron chi connectivity index (χ0n) is 17.1. The second kappa shape index (κ2) is 9.98. The Balaban J connectivity index is 1.69. The minimum atomic E-state index is -0.622. The number of hydrogen-bond donors (Lipinski definition) is 0. The van der Waals surface area contributed by atoms with Crippen molar-refractivity contribution >= 4 is 82.9 Å². The molecular formula is C23H18Br3ClN2O4. The van der Waals surface area contributed by atoms with Crippen LogP contribution < -0.4 is 0 Å². The predicted octanol–water partition coefficient (Wildman–Crippen LogP) is 5.26. The quantitative estimate of drug-likeness (QED) is 0.249. The average Bonchev–Trinajstić information content (AvgIpc) is 3.02. The molecule has 2 aliphatic rings. The van der Waals surface area contributed by atoms with E-state index < -0.39 is 41.9 Å². The van der Waals surface area contributed by atoms with Gasteiger partial charge in [0.15, 0.2) is 5.78 Å². The lowest BCUT2D eigenvalue weighted by Crippen LogP contribution is -2.52. The minimum Gasteiger partial charge on any atom is -0.292 e. The molecule has 1 saturated heterocycles. The van der Waals surface area contributed by atoms with Gasteiger partial charge in [0.05, 0.1) is 11.8 Å². The smallest absolute Gasteiger partial charge is 0.273 e. The Kier molecular flexibility index (Phi) is 7.43. The van der Waals surface area contributed by atoms with E-state index in [0.717, 1.165) is 14.5 Å². The van der Waals surface area contributed by atoms with Crippen LogP contribution in [0.2, 0.25) is 5.02 Å². The number of amides is 3. The highest BCUT2D eigenvalue weighted by molar-refractivity contribution is 9.12. The zero-order chi connectivity index (χ0) is 23.9. The maximum atomic E-state index is 13.4. The first kappa shape index (κ1) is 24.6. The molecule has 0 radical (unpaired) electrons. The van der Waals surface area contributed by atoms with Crippen molar-refractivity contribution < 1.29 is 19.2 Å². The summed E-state index contributed by atoms with van der Waals surface area (Å²) in [5.41, 5.74) is 0.583. The predicted molar refractivity (Wildman–Crippen MR) is 134 cm³/mol. The summed E-state index contributed by atoms with van der Waals surface area (Å²) in [4.78, 5) is 53.2. The second-order valence-electron chi connectivity index (χ2n) is 8.00. The molecule has 1 aliphatic carbocycles. The van der Waals surface area contributed by atoms with E-state index in [9.17, 15) is 19.2 Å². The van der Waals surface area contributed by atoms with Gasteiger partial charge >= 0.3 is 0 Å². The zero-order valence-corrected chi connectivity index (χ0v) is 22.6. The standard InChI is InChI=1S/C23H18Br3ClN2O4/c24-14-5-1-12(2-6-14)20(30)11-28(21(31)13-3-7-15(27)8-4-13)29-22(32)16-9-18(25)19(26)10-17(16)23(29)33/h1-8,16-19H,9-11H2/t16-,17+,18-,19-/m0/s1. The van der Waals surface area contributed by atoms with Crippen molar-refractivity contribution in [2.45, 2.75) is 22.5 Å². The monoisotopic (exact) mass is 658 g/mol. The Hall–Kier alpha value is -1.55. The van der Waals surface area contributed by atoms with Crippen molar-refractivity contribution in [2.24, 2.45) is 11.8 Å². The molecule has 1 heterocycles. The first-order valence-corrected chi connectivity index (χ1v) is 13.2. The first-order valence-electron chi connectivity index (χ1n) is 10.2. The van der Waals surface area contributed by atoms with Crippen LogP contribution in [0.25, 0.3) is 0 Å². The van der Waals surface area contributed by atoms with Gasteiger partial charge in [0.2, 0.25) is 0 Å². The van der Waals surface area contributed by atoms with Gasteiger partial charge in [-0.3, -0.25) is 19.2 Å².